The van der Waals surface area contributed by atoms with Crippen LogP contribution in [0, 0.1) is 0 Å². The van der Waals surface area contributed by atoms with Crippen LogP contribution < -0.4 is 0 Å². The zero-order chi connectivity index (χ0) is 13.9. The van der Waals surface area contributed by atoms with Crippen LogP contribution in [0.3, 0.4) is 0 Å². The molecule has 6 nitrogen and oxygen atoms in total. The predicted molar refractivity (Wildman–Crippen MR) is 72.4 cm³/mol. The van der Waals surface area contributed by atoms with Gasteiger partial charge in [0.05, 0.1) is 32.0 Å². The van der Waals surface area contributed by atoms with Crippen molar-refractivity contribution in [2.45, 2.75) is 37.5 Å². The van der Waals surface area contributed by atoms with E-state index in [2.05, 4.69) is 4.90 Å². The molecule has 3 saturated heterocycles. The minimum Gasteiger partial charge on any atom is -0.391 e. The van der Waals surface area contributed by atoms with Crippen molar-refractivity contribution >= 4 is 5.91 Å². The fourth-order valence-electron chi connectivity index (χ4n) is 3.37. The normalized spacial score (nSPS) is 35.0. The Hall–Kier alpha value is -0.690. The molecule has 3 rings (SSSR count). The first kappa shape index (κ1) is 14.3. The van der Waals surface area contributed by atoms with Crippen LogP contribution in [0.5, 0.6) is 0 Å². The molecule has 1 N–H and O–H groups in total. The number of morpholine rings is 1. The van der Waals surface area contributed by atoms with Crippen LogP contribution in [0.15, 0.2) is 0 Å². The maximum Gasteiger partial charge on any atom is 0.222 e. The van der Waals surface area contributed by atoms with Crippen LogP contribution >= 0.6 is 0 Å². The number of ether oxygens (including phenoxy) is 2. The number of fused-ring (bicyclic) bond motifs is 1. The zero-order valence-electron chi connectivity index (χ0n) is 11.9. The summed E-state index contributed by atoms with van der Waals surface area (Å²) in [7, 11) is 0. The van der Waals surface area contributed by atoms with Crippen LogP contribution in [0.4, 0.5) is 0 Å². The molecule has 1 amide bonds. The fraction of sp³-hybridized carbons (Fsp3) is 0.929. The van der Waals surface area contributed by atoms with Crippen LogP contribution in [0.1, 0.15) is 19.3 Å². The second-order valence-corrected chi connectivity index (χ2v) is 5.80. The Balaban J connectivity index is 1.41. The molecule has 3 unspecified atom stereocenters. The van der Waals surface area contributed by atoms with E-state index in [1.807, 2.05) is 4.90 Å². The molecule has 0 saturated carbocycles. The lowest BCUT2D eigenvalue weighted by Gasteiger charge is -2.27. The minimum atomic E-state index is -0.386. The molecular formula is C14H24N2O4. The smallest absolute Gasteiger partial charge is 0.222 e. The van der Waals surface area contributed by atoms with Gasteiger partial charge in [0.25, 0.3) is 0 Å². The van der Waals surface area contributed by atoms with Gasteiger partial charge in [-0.25, -0.2) is 0 Å². The van der Waals surface area contributed by atoms with Gasteiger partial charge in [0.15, 0.2) is 0 Å². The minimum absolute atomic E-state index is 0.145. The maximum absolute atomic E-state index is 12.0. The van der Waals surface area contributed by atoms with Gasteiger partial charge in [0, 0.05) is 38.7 Å². The van der Waals surface area contributed by atoms with Gasteiger partial charge < -0.3 is 19.5 Å². The third kappa shape index (κ3) is 3.14. The first-order chi connectivity index (χ1) is 9.77. The topological polar surface area (TPSA) is 62.0 Å². The largest absolute Gasteiger partial charge is 0.391 e. The average Bonchev–Trinajstić information content (AvgIpc) is 3.20. The molecule has 0 aromatic rings. The summed E-state index contributed by atoms with van der Waals surface area (Å²) in [5, 5.41) is 10.3. The average molecular weight is 284 g/mol. The van der Waals surface area contributed by atoms with Crippen molar-refractivity contribution in [3.63, 3.8) is 0 Å². The van der Waals surface area contributed by atoms with E-state index in [1.54, 1.807) is 0 Å². The molecule has 6 heteroatoms. The molecule has 3 heterocycles. The molecule has 3 fully saturated rings. The summed E-state index contributed by atoms with van der Waals surface area (Å²) < 4.78 is 10.6. The van der Waals surface area contributed by atoms with Crippen molar-refractivity contribution in [3.05, 3.63) is 0 Å². The van der Waals surface area contributed by atoms with Crippen molar-refractivity contribution in [3.8, 4) is 0 Å². The highest BCUT2D eigenvalue weighted by Crippen LogP contribution is 2.36. The molecule has 0 aliphatic carbocycles. The number of hydrogen-bond acceptors (Lipinski definition) is 5. The fourth-order valence-corrected chi connectivity index (χ4v) is 3.37. The van der Waals surface area contributed by atoms with Gasteiger partial charge in [0.1, 0.15) is 0 Å². The summed E-state index contributed by atoms with van der Waals surface area (Å²) in [5.41, 5.74) is 0. The van der Waals surface area contributed by atoms with Gasteiger partial charge in [-0.05, 0) is 12.8 Å². The Labute approximate surface area is 119 Å². The van der Waals surface area contributed by atoms with Gasteiger partial charge in [-0.1, -0.05) is 0 Å². The van der Waals surface area contributed by atoms with Crippen molar-refractivity contribution in [2.75, 3.05) is 46.1 Å². The van der Waals surface area contributed by atoms with E-state index in [-0.39, 0.29) is 18.1 Å². The van der Waals surface area contributed by atoms with Crippen molar-refractivity contribution in [1.29, 1.82) is 0 Å². The third-order valence-electron chi connectivity index (χ3n) is 4.58. The highest BCUT2D eigenvalue weighted by Gasteiger charge is 2.51. The van der Waals surface area contributed by atoms with Crippen LogP contribution in [-0.4, -0.2) is 85.1 Å². The SMILES string of the molecule is O=C(CCC(O)C1[C@H]2CCOCCN12)N1CCOCC1. The zero-order valence-corrected chi connectivity index (χ0v) is 11.9. The summed E-state index contributed by atoms with van der Waals surface area (Å²) >= 11 is 0. The van der Waals surface area contributed by atoms with E-state index < -0.39 is 0 Å². The predicted octanol–water partition coefficient (Wildman–Crippen LogP) is -0.541. The van der Waals surface area contributed by atoms with Gasteiger partial charge in [-0.15, -0.1) is 0 Å². The molecule has 0 radical (unpaired) electrons. The quantitative estimate of drug-likeness (QED) is 0.703. The van der Waals surface area contributed by atoms with Crippen molar-refractivity contribution in [1.82, 2.24) is 9.80 Å². The summed E-state index contributed by atoms with van der Waals surface area (Å²) in [6, 6.07) is 0.711. The third-order valence-corrected chi connectivity index (χ3v) is 4.58. The van der Waals surface area contributed by atoms with Crippen LogP contribution in [0.25, 0.3) is 0 Å². The number of aliphatic hydroxyl groups is 1. The summed E-state index contributed by atoms with van der Waals surface area (Å²) in [5.74, 6) is 0.145. The van der Waals surface area contributed by atoms with Gasteiger partial charge in [0.2, 0.25) is 5.91 Å². The summed E-state index contributed by atoms with van der Waals surface area (Å²) in [6.07, 6.45) is 1.62. The molecule has 0 bridgehead atoms. The van der Waals surface area contributed by atoms with Gasteiger partial charge in [-0.3, -0.25) is 9.69 Å². The highest BCUT2D eigenvalue weighted by atomic mass is 16.5. The highest BCUT2D eigenvalue weighted by molar-refractivity contribution is 5.76. The second kappa shape index (κ2) is 6.39. The standard InChI is InChI=1S/C14H24N2O4/c17-12(14-11-3-7-19-10-6-16(11)14)1-2-13(18)15-4-8-20-9-5-15/h11-12,14,17H,1-10H2/t11-,12?,14?,16?/m1/s1. The molecule has 4 atom stereocenters. The summed E-state index contributed by atoms with van der Waals surface area (Å²) in [4.78, 5) is 16.2. The lowest BCUT2D eigenvalue weighted by molar-refractivity contribution is -0.135. The molecule has 20 heavy (non-hydrogen) atoms. The Bertz CT molecular complexity index is 334. The molecule has 3 aliphatic heterocycles. The molecular weight excluding hydrogens is 260 g/mol. The van der Waals surface area contributed by atoms with E-state index in [9.17, 15) is 9.90 Å². The van der Waals surface area contributed by atoms with Crippen LogP contribution in [0.2, 0.25) is 0 Å². The first-order valence-corrected chi connectivity index (χ1v) is 7.64. The van der Waals surface area contributed by atoms with E-state index in [1.165, 1.54) is 0 Å². The Morgan fingerprint density at radius 3 is 2.65 bits per heavy atom. The number of carbonyl (C=O) groups is 1. The lowest BCUT2D eigenvalue weighted by Crippen LogP contribution is -2.41. The number of hydrogen-bond donors (Lipinski definition) is 1. The Morgan fingerprint density at radius 2 is 1.85 bits per heavy atom. The van der Waals surface area contributed by atoms with Crippen molar-refractivity contribution < 1.29 is 19.4 Å². The van der Waals surface area contributed by atoms with Crippen LogP contribution in [-0.2, 0) is 14.3 Å². The molecule has 0 aromatic carbocycles. The molecule has 0 aromatic heterocycles. The maximum atomic E-state index is 12.0. The molecule has 3 aliphatic rings. The van der Waals surface area contributed by atoms with Gasteiger partial charge in [-0.2, -0.15) is 0 Å². The lowest BCUT2D eigenvalue weighted by atomic mass is 10.1. The Kier molecular flexibility index (Phi) is 4.55. The van der Waals surface area contributed by atoms with E-state index in [4.69, 9.17) is 9.47 Å². The van der Waals surface area contributed by atoms with Crippen molar-refractivity contribution in [2.24, 2.45) is 0 Å². The van der Waals surface area contributed by atoms with E-state index in [0.29, 0.717) is 45.2 Å². The summed E-state index contributed by atoms with van der Waals surface area (Å²) in [6.45, 7) is 5.09. The molecule has 114 valence electrons. The number of nitrogens with zero attached hydrogens (tertiary/aromatic N) is 2. The number of carbonyl (C=O) groups excluding carboxylic acids is 1. The first-order valence-electron chi connectivity index (χ1n) is 7.64. The van der Waals surface area contributed by atoms with E-state index >= 15 is 0 Å². The van der Waals surface area contributed by atoms with E-state index in [0.717, 1.165) is 26.2 Å². The Morgan fingerprint density at radius 1 is 1.15 bits per heavy atom. The van der Waals surface area contributed by atoms with Gasteiger partial charge >= 0.3 is 0 Å². The monoisotopic (exact) mass is 284 g/mol. The number of rotatable bonds is 4. The number of amides is 1. The molecule has 0 spiro atoms. The second-order valence-electron chi connectivity index (χ2n) is 5.80. The number of aliphatic hydroxyl groups excluding tert-OH is 1.